The summed E-state index contributed by atoms with van der Waals surface area (Å²) >= 11 is 0. The van der Waals surface area contributed by atoms with Gasteiger partial charge in [0, 0.05) is 12.6 Å². The molecule has 0 spiro atoms. The first-order valence-electron chi connectivity index (χ1n) is 4.68. The maximum atomic E-state index is 11.5. The van der Waals surface area contributed by atoms with Crippen molar-refractivity contribution in [3.8, 4) is 0 Å². The van der Waals surface area contributed by atoms with Gasteiger partial charge in [-0.15, -0.1) is 10.2 Å². The normalized spacial score (nSPS) is 30.6. The number of nitrogens with zero attached hydrogens (tertiary/aromatic N) is 3. The molecule has 2 atom stereocenters. The molecule has 2 aliphatic heterocycles. The highest BCUT2D eigenvalue weighted by atomic mass is 16.4. The number of fused-ring (bicyclic) bond motifs is 2. The fourth-order valence-corrected chi connectivity index (χ4v) is 2.15. The number of hydrogen-bond acceptors (Lipinski definition) is 4. The van der Waals surface area contributed by atoms with Crippen LogP contribution >= 0.6 is 0 Å². The lowest BCUT2D eigenvalue weighted by Gasteiger charge is -2.27. The zero-order valence-electron chi connectivity index (χ0n) is 7.51. The molecule has 3 rings (SSSR count). The lowest BCUT2D eigenvalue weighted by atomic mass is 10.0. The smallest absolute Gasteiger partial charge is 0.318 e. The van der Waals surface area contributed by atoms with E-state index in [-0.39, 0.29) is 12.1 Å². The van der Waals surface area contributed by atoms with E-state index in [2.05, 4.69) is 15.5 Å². The number of amides is 2. The van der Waals surface area contributed by atoms with Crippen LogP contribution in [0.1, 0.15) is 24.8 Å². The summed E-state index contributed by atoms with van der Waals surface area (Å²) in [5, 5.41) is 10.4. The number of aromatic nitrogens is 2. The highest BCUT2D eigenvalue weighted by Crippen LogP contribution is 2.32. The van der Waals surface area contributed by atoms with Crippen LogP contribution in [0.4, 0.5) is 4.79 Å². The zero-order chi connectivity index (χ0) is 9.54. The van der Waals surface area contributed by atoms with Crippen molar-refractivity contribution in [2.45, 2.75) is 24.9 Å². The third kappa shape index (κ3) is 0.997. The Morgan fingerprint density at radius 2 is 2.50 bits per heavy atom. The van der Waals surface area contributed by atoms with E-state index in [1.807, 2.05) is 0 Å². The van der Waals surface area contributed by atoms with Gasteiger partial charge in [-0.3, -0.25) is 0 Å². The lowest BCUT2D eigenvalue weighted by Crippen LogP contribution is -2.34. The molecule has 6 nitrogen and oxygen atoms in total. The van der Waals surface area contributed by atoms with Crippen LogP contribution < -0.4 is 5.32 Å². The Labute approximate surface area is 80.3 Å². The van der Waals surface area contributed by atoms with Crippen LogP contribution in [0.15, 0.2) is 10.8 Å². The number of carbonyl (C=O) groups is 1. The number of urea groups is 1. The Balaban J connectivity index is 1.90. The number of piperidine rings is 1. The molecule has 1 N–H and O–H groups in total. The van der Waals surface area contributed by atoms with Crippen molar-refractivity contribution in [3.05, 3.63) is 12.3 Å². The van der Waals surface area contributed by atoms with Gasteiger partial charge in [0.25, 0.3) is 0 Å². The second-order valence-electron chi connectivity index (χ2n) is 3.67. The van der Waals surface area contributed by atoms with E-state index in [0.29, 0.717) is 11.9 Å². The predicted molar refractivity (Wildman–Crippen MR) is 45.3 cm³/mol. The third-order valence-electron chi connectivity index (χ3n) is 2.83. The SMILES string of the molecule is O=C1NC2CCC(c3nnco3)N1C2. The molecule has 2 bridgehead atoms. The summed E-state index contributed by atoms with van der Waals surface area (Å²) in [4.78, 5) is 13.3. The Hall–Kier alpha value is -1.59. The summed E-state index contributed by atoms with van der Waals surface area (Å²) in [6, 6.07) is 0.258. The van der Waals surface area contributed by atoms with Gasteiger partial charge >= 0.3 is 6.03 Å². The van der Waals surface area contributed by atoms with Crippen molar-refractivity contribution in [3.63, 3.8) is 0 Å². The molecule has 0 aromatic carbocycles. The van der Waals surface area contributed by atoms with Crippen LogP contribution in [0.25, 0.3) is 0 Å². The molecule has 3 heterocycles. The van der Waals surface area contributed by atoms with Gasteiger partial charge in [-0.1, -0.05) is 0 Å². The maximum absolute atomic E-state index is 11.5. The maximum Gasteiger partial charge on any atom is 0.318 e. The molecule has 14 heavy (non-hydrogen) atoms. The van der Waals surface area contributed by atoms with Crippen LogP contribution in [0.2, 0.25) is 0 Å². The number of carbonyl (C=O) groups excluding carboxylic acids is 1. The van der Waals surface area contributed by atoms with Gasteiger partial charge in [-0.05, 0) is 12.8 Å². The van der Waals surface area contributed by atoms with Gasteiger partial charge in [0.1, 0.15) is 6.04 Å². The monoisotopic (exact) mass is 194 g/mol. The third-order valence-corrected chi connectivity index (χ3v) is 2.83. The average Bonchev–Trinajstić information content (AvgIpc) is 2.78. The van der Waals surface area contributed by atoms with Crippen LogP contribution in [-0.2, 0) is 0 Å². The molecule has 6 heteroatoms. The molecule has 2 fully saturated rings. The summed E-state index contributed by atoms with van der Waals surface area (Å²) in [5.41, 5.74) is 0. The van der Waals surface area contributed by atoms with Crippen molar-refractivity contribution in [2.24, 2.45) is 0 Å². The van der Waals surface area contributed by atoms with E-state index < -0.39 is 0 Å². The van der Waals surface area contributed by atoms with Gasteiger partial charge < -0.3 is 14.6 Å². The molecule has 1 aromatic rings. The van der Waals surface area contributed by atoms with Crippen LogP contribution in [0, 0.1) is 0 Å². The molecule has 0 aliphatic carbocycles. The van der Waals surface area contributed by atoms with E-state index in [1.165, 1.54) is 6.39 Å². The van der Waals surface area contributed by atoms with E-state index in [1.54, 1.807) is 4.90 Å². The van der Waals surface area contributed by atoms with Crippen molar-refractivity contribution in [2.75, 3.05) is 6.54 Å². The molecule has 2 amide bonds. The van der Waals surface area contributed by atoms with Crippen molar-refractivity contribution in [1.82, 2.24) is 20.4 Å². The van der Waals surface area contributed by atoms with Crippen molar-refractivity contribution >= 4 is 6.03 Å². The second kappa shape index (κ2) is 2.70. The second-order valence-corrected chi connectivity index (χ2v) is 3.67. The minimum Gasteiger partial charge on any atom is -0.426 e. The summed E-state index contributed by atoms with van der Waals surface area (Å²) in [7, 11) is 0. The van der Waals surface area contributed by atoms with E-state index in [9.17, 15) is 4.79 Å². The Kier molecular flexibility index (Phi) is 1.50. The Morgan fingerprint density at radius 3 is 3.29 bits per heavy atom. The zero-order valence-corrected chi connectivity index (χ0v) is 7.51. The van der Waals surface area contributed by atoms with Crippen molar-refractivity contribution < 1.29 is 9.21 Å². The van der Waals surface area contributed by atoms with E-state index in [0.717, 1.165) is 19.4 Å². The molecular formula is C8H10N4O2. The minimum absolute atomic E-state index is 0.0179. The molecule has 0 radical (unpaired) electrons. The molecule has 2 unspecified atom stereocenters. The van der Waals surface area contributed by atoms with E-state index >= 15 is 0 Å². The fourth-order valence-electron chi connectivity index (χ4n) is 2.15. The quantitative estimate of drug-likeness (QED) is 0.697. The summed E-state index contributed by atoms with van der Waals surface area (Å²) in [5.74, 6) is 0.542. The lowest BCUT2D eigenvalue weighted by molar-refractivity contribution is 0.168. The number of rotatable bonds is 1. The van der Waals surface area contributed by atoms with Gasteiger partial charge in [0.15, 0.2) is 0 Å². The van der Waals surface area contributed by atoms with E-state index in [4.69, 9.17) is 4.42 Å². The number of nitrogens with one attached hydrogen (secondary N) is 1. The van der Waals surface area contributed by atoms with Gasteiger partial charge in [0.2, 0.25) is 12.3 Å². The first-order chi connectivity index (χ1) is 6.84. The van der Waals surface area contributed by atoms with Gasteiger partial charge in [-0.25, -0.2) is 4.79 Å². The van der Waals surface area contributed by atoms with Gasteiger partial charge in [0.05, 0.1) is 0 Å². The van der Waals surface area contributed by atoms with Crippen LogP contribution in [0.5, 0.6) is 0 Å². The standard InChI is InChI=1S/C8H10N4O2/c13-8-10-5-1-2-6(12(8)3-5)7-11-9-4-14-7/h4-6H,1-3H2,(H,10,13). The van der Waals surface area contributed by atoms with Gasteiger partial charge in [-0.2, -0.15) is 0 Å². The van der Waals surface area contributed by atoms with Crippen LogP contribution in [0.3, 0.4) is 0 Å². The van der Waals surface area contributed by atoms with Crippen LogP contribution in [-0.4, -0.2) is 33.7 Å². The first-order valence-corrected chi connectivity index (χ1v) is 4.68. The highest BCUT2D eigenvalue weighted by molar-refractivity contribution is 5.77. The minimum atomic E-state index is -0.0313. The predicted octanol–water partition coefficient (Wildman–Crippen LogP) is 0.298. The number of hydrogen-bond donors (Lipinski definition) is 1. The highest BCUT2D eigenvalue weighted by Gasteiger charge is 2.41. The summed E-state index contributed by atoms with van der Waals surface area (Å²) < 4.78 is 5.13. The molecule has 2 aliphatic rings. The summed E-state index contributed by atoms with van der Waals surface area (Å²) in [6.45, 7) is 0.756. The average molecular weight is 194 g/mol. The first kappa shape index (κ1) is 7.78. The molecule has 2 saturated heterocycles. The Morgan fingerprint density at radius 1 is 1.57 bits per heavy atom. The molecule has 1 aromatic heterocycles. The molecule has 74 valence electrons. The molecule has 0 saturated carbocycles. The Bertz CT molecular complexity index is 350. The topological polar surface area (TPSA) is 71.3 Å². The molecular weight excluding hydrogens is 184 g/mol. The largest absolute Gasteiger partial charge is 0.426 e. The fraction of sp³-hybridized carbons (Fsp3) is 0.625. The van der Waals surface area contributed by atoms with Crippen molar-refractivity contribution in [1.29, 1.82) is 0 Å². The summed E-state index contributed by atoms with van der Waals surface area (Å²) in [6.07, 6.45) is 3.18.